The van der Waals surface area contributed by atoms with Crippen molar-refractivity contribution in [3.63, 3.8) is 0 Å². The van der Waals surface area contributed by atoms with Gasteiger partial charge in [0.05, 0.1) is 10.5 Å². The van der Waals surface area contributed by atoms with Crippen LogP contribution in [0, 0.1) is 17.5 Å². The van der Waals surface area contributed by atoms with Gasteiger partial charge in [-0.3, -0.25) is 4.79 Å². The molecule has 1 heterocycles. The summed E-state index contributed by atoms with van der Waals surface area (Å²) in [6.45, 7) is 0. The van der Waals surface area contributed by atoms with Gasteiger partial charge in [-0.25, -0.2) is 18.2 Å². The van der Waals surface area contributed by atoms with E-state index in [1.807, 2.05) is 30.3 Å². The van der Waals surface area contributed by atoms with E-state index >= 15 is 0 Å². The number of hydrogen-bond acceptors (Lipinski definition) is 4. The number of carbonyl (C=O) groups is 1. The van der Waals surface area contributed by atoms with Gasteiger partial charge in [-0.2, -0.15) is 0 Å². The van der Waals surface area contributed by atoms with Gasteiger partial charge in [0.1, 0.15) is 5.52 Å². The van der Waals surface area contributed by atoms with Crippen LogP contribution in [0.1, 0.15) is 0 Å². The Bertz CT molecular complexity index is 868. The minimum absolute atomic E-state index is 0.0996. The van der Waals surface area contributed by atoms with Crippen LogP contribution in [-0.2, 0) is 4.79 Å². The highest BCUT2D eigenvalue weighted by atomic mass is 32.2. The Morgan fingerprint density at radius 2 is 1.91 bits per heavy atom. The number of nitrogens with one attached hydrogen (secondary N) is 1. The summed E-state index contributed by atoms with van der Waals surface area (Å²) in [5, 5.41) is 2.60. The van der Waals surface area contributed by atoms with E-state index in [1.54, 1.807) is 0 Å². The molecule has 0 radical (unpaired) electrons. The predicted octanol–water partition coefficient (Wildman–Crippen LogP) is 4.44. The molecule has 0 spiro atoms. The molecule has 3 nitrogen and oxygen atoms in total. The summed E-state index contributed by atoms with van der Waals surface area (Å²) in [6, 6.07) is 10.2. The van der Waals surface area contributed by atoms with Crippen molar-refractivity contribution >= 4 is 44.4 Å². The topological polar surface area (TPSA) is 42.0 Å². The Kier molecular flexibility index (Phi) is 4.53. The molecule has 0 aliphatic carbocycles. The quantitative estimate of drug-likeness (QED) is 0.556. The van der Waals surface area contributed by atoms with Gasteiger partial charge < -0.3 is 5.32 Å². The molecule has 0 saturated carbocycles. The van der Waals surface area contributed by atoms with E-state index in [-0.39, 0.29) is 27.0 Å². The van der Waals surface area contributed by atoms with E-state index in [1.165, 1.54) is 11.8 Å². The minimum atomic E-state index is -1.57. The van der Waals surface area contributed by atoms with E-state index in [4.69, 9.17) is 0 Å². The maximum atomic E-state index is 13.6. The molecular formula is C15H9F3N2OS2. The van der Waals surface area contributed by atoms with Crippen molar-refractivity contribution in [2.45, 2.75) is 4.90 Å². The molecule has 3 aromatic rings. The third kappa shape index (κ3) is 3.48. The number of hydrogen-bond donors (Lipinski definition) is 1. The molecule has 118 valence electrons. The number of anilines is 1. The third-order valence-electron chi connectivity index (χ3n) is 2.88. The van der Waals surface area contributed by atoms with Gasteiger partial charge in [-0.15, -0.1) is 11.8 Å². The van der Waals surface area contributed by atoms with Crippen LogP contribution >= 0.6 is 23.1 Å². The first kappa shape index (κ1) is 15.8. The van der Waals surface area contributed by atoms with Gasteiger partial charge in [-0.05, 0) is 18.2 Å². The maximum Gasteiger partial charge on any atom is 0.236 e. The molecule has 1 aromatic heterocycles. The van der Waals surface area contributed by atoms with Crippen LogP contribution in [0.3, 0.4) is 0 Å². The number of carbonyl (C=O) groups excluding carboxylic acids is 1. The van der Waals surface area contributed by atoms with Crippen LogP contribution in [0.5, 0.6) is 0 Å². The fourth-order valence-electron chi connectivity index (χ4n) is 1.85. The van der Waals surface area contributed by atoms with Gasteiger partial charge >= 0.3 is 0 Å². The van der Waals surface area contributed by atoms with Crippen LogP contribution in [0.25, 0.3) is 10.2 Å². The zero-order chi connectivity index (χ0) is 16.4. The number of thioether (sulfide) groups is 1. The highest BCUT2D eigenvalue weighted by Gasteiger charge is 2.18. The Labute approximate surface area is 137 Å². The van der Waals surface area contributed by atoms with E-state index < -0.39 is 17.5 Å². The van der Waals surface area contributed by atoms with Crippen LogP contribution in [0.4, 0.5) is 18.3 Å². The summed E-state index contributed by atoms with van der Waals surface area (Å²) in [6.07, 6.45) is 0. The van der Waals surface area contributed by atoms with E-state index in [2.05, 4.69) is 10.3 Å². The largest absolute Gasteiger partial charge is 0.301 e. The van der Waals surface area contributed by atoms with E-state index in [0.717, 1.165) is 22.3 Å². The highest BCUT2D eigenvalue weighted by Crippen LogP contribution is 2.30. The smallest absolute Gasteiger partial charge is 0.236 e. The summed E-state index contributed by atoms with van der Waals surface area (Å²) >= 11 is 2.22. The number of rotatable bonds is 4. The summed E-state index contributed by atoms with van der Waals surface area (Å²) < 4.78 is 40.1. The fourth-order valence-corrected chi connectivity index (χ4v) is 3.47. The van der Waals surface area contributed by atoms with Gasteiger partial charge in [0, 0.05) is 4.90 Å². The van der Waals surface area contributed by atoms with Crippen molar-refractivity contribution in [3.05, 3.63) is 53.8 Å². The lowest BCUT2D eigenvalue weighted by atomic mass is 10.3. The monoisotopic (exact) mass is 354 g/mol. The highest BCUT2D eigenvalue weighted by molar-refractivity contribution is 8.00. The second kappa shape index (κ2) is 6.59. The molecule has 0 aliphatic rings. The molecule has 23 heavy (non-hydrogen) atoms. The lowest BCUT2D eigenvalue weighted by Crippen LogP contribution is -2.13. The maximum absolute atomic E-state index is 13.6. The van der Waals surface area contributed by atoms with Crippen LogP contribution in [0.2, 0.25) is 0 Å². The number of amides is 1. The normalized spacial score (nSPS) is 10.9. The van der Waals surface area contributed by atoms with Gasteiger partial charge in [-0.1, -0.05) is 29.5 Å². The fraction of sp³-hybridized carbons (Fsp3) is 0.0667. The van der Waals surface area contributed by atoms with Gasteiger partial charge in [0.15, 0.2) is 22.6 Å². The van der Waals surface area contributed by atoms with Crippen molar-refractivity contribution in [3.8, 4) is 0 Å². The summed E-state index contributed by atoms with van der Waals surface area (Å²) in [5.41, 5.74) is -0.292. The van der Waals surface area contributed by atoms with Crippen molar-refractivity contribution < 1.29 is 18.0 Å². The Balaban J connectivity index is 1.71. The zero-order valence-electron chi connectivity index (χ0n) is 11.5. The Hall–Kier alpha value is -2.06. The standard InChI is InChI=1S/C15H9F3N2OS2/c16-9-6-10-14(13(18)12(9)17)20-15(23-10)19-11(21)7-22-8-4-2-1-3-5-8/h1-6H,7H2,(H,19,20,21). The van der Waals surface area contributed by atoms with Crippen LogP contribution < -0.4 is 5.32 Å². The van der Waals surface area contributed by atoms with Crippen LogP contribution in [-0.4, -0.2) is 16.6 Å². The van der Waals surface area contributed by atoms with Gasteiger partial charge in [0.2, 0.25) is 5.91 Å². The summed E-state index contributed by atoms with van der Waals surface area (Å²) in [4.78, 5) is 16.6. The first-order valence-electron chi connectivity index (χ1n) is 6.46. The Morgan fingerprint density at radius 3 is 2.65 bits per heavy atom. The molecule has 8 heteroatoms. The van der Waals surface area contributed by atoms with E-state index in [9.17, 15) is 18.0 Å². The summed E-state index contributed by atoms with van der Waals surface area (Å²) in [7, 11) is 0. The molecule has 0 atom stereocenters. The Morgan fingerprint density at radius 1 is 1.17 bits per heavy atom. The average Bonchev–Trinajstić information content (AvgIpc) is 2.94. The number of halogens is 3. The molecule has 0 fully saturated rings. The van der Waals surface area contributed by atoms with Gasteiger partial charge in [0.25, 0.3) is 0 Å². The SMILES string of the molecule is O=C(CSc1ccccc1)Nc1nc2c(F)c(F)c(F)cc2s1. The minimum Gasteiger partial charge on any atom is -0.301 e. The third-order valence-corrected chi connectivity index (χ3v) is 4.81. The lowest BCUT2D eigenvalue weighted by molar-refractivity contribution is -0.113. The van der Waals surface area contributed by atoms with Crippen LogP contribution in [0.15, 0.2) is 41.3 Å². The second-order valence-corrected chi connectivity index (χ2v) is 6.58. The molecule has 0 aliphatic heterocycles. The number of benzene rings is 2. The molecule has 0 unspecified atom stereocenters. The van der Waals surface area contributed by atoms with E-state index in [0.29, 0.717) is 0 Å². The first-order chi connectivity index (χ1) is 11.0. The number of fused-ring (bicyclic) bond motifs is 1. The molecule has 0 bridgehead atoms. The van der Waals surface area contributed by atoms with Crippen molar-refractivity contribution in [1.29, 1.82) is 0 Å². The zero-order valence-corrected chi connectivity index (χ0v) is 13.1. The van der Waals surface area contributed by atoms with Crippen molar-refractivity contribution in [2.24, 2.45) is 0 Å². The molecule has 1 amide bonds. The predicted molar refractivity (Wildman–Crippen MR) is 85.3 cm³/mol. The molecule has 1 N–H and O–H groups in total. The number of aromatic nitrogens is 1. The number of thiazole rings is 1. The molecule has 3 rings (SSSR count). The molecular weight excluding hydrogens is 345 g/mol. The lowest BCUT2D eigenvalue weighted by Gasteiger charge is -2.01. The van der Waals surface area contributed by atoms with Crippen molar-refractivity contribution in [2.75, 3.05) is 11.1 Å². The average molecular weight is 354 g/mol. The summed E-state index contributed by atoms with van der Waals surface area (Å²) in [5.74, 6) is -4.39. The second-order valence-electron chi connectivity index (χ2n) is 4.50. The first-order valence-corrected chi connectivity index (χ1v) is 8.26. The molecule has 0 saturated heterocycles. The number of nitrogens with zero attached hydrogens (tertiary/aromatic N) is 1. The van der Waals surface area contributed by atoms with Crippen molar-refractivity contribution in [1.82, 2.24) is 4.98 Å². The molecule has 2 aromatic carbocycles.